The van der Waals surface area contributed by atoms with Gasteiger partial charge < -0.3 is 19.7 Å². The lowest BCUT2D eigenvalue weighted by atomic mass is 10.1. The van der Waals surface area contributed by atoms with E-state index in [0.717, 1.165) is 11.1 Å². The first-order valence-corrected chi connectivity index (χ1v) is 11.9. The normalized spacial score (nSPS) is 13.5. The van der Waals surface area contributed by atoms with Crippen molar-refractivity contribution in [2.45, 2.75) is 24.8 Å². The molecule has 2 heterocycles. The predicted molar refractivity (Wildman–Crippen MR) is 140 cm³/mol. The van der Waals surface area contributed by atoms with E-state index in [9.17, 15) is 10.2 Å². The molecule has 0 fully saturated rings. The van der Waals surface area contributed by atoms with Crippen LogP contribution in [0.25, 0.3) is 0 Å². The zero-order chi connectivity index (χ0) is 24.2. The van der Waals surface area contributed by atoms with E-state index >= 15 is 0 Å². The van der Waals surface area contributed by atoms with Crippen LogP contribution in [-0.2, 0) is 22.7 Å². The highest BCUT2D eigenvalue weighted by atomic mass is 31.0. The van der Waals surface area contributed by atoms with Gasteiger partial charge in [-0.15, -0.1) is 18.5 Å². The summed E-state index contributed by atoms with van der Waals surface area (Å²) in [4.78, 5) is 16.9. The van der Waals surface area contributed by atoms with Crippen molar-refractivity contribution in [2.75, 3.05) is 13.2 Å². The number of benzene rings is 1. The van der Waals surface area contributed by atoms with Crippen molar-refractivity contribution < 1.29 is 19.7 Å². The second-order valence-corrected chi connectivity index (χ2v) is 8.96. The van der Waals surface area contributed by atoms with E-state index in [4.69, 9.17) is 9.47 Å². The summed E-state index contributed by atoms with van der Waals surface area (Å²) in [5.41, 5.74) is 3.49. The zero-order valence-corrected chi connectivity index (χ0v) is 20.9. The summed E-state index contributed by atoms with van der Waals surface area (Å²) in [7, 11) is 5.27. The topological polar surface area (TPSA) is 109 Å². The molecular formula is C24H28N4O4P2. The Balaban J connectivity index is 1.32. The number of aliphatic imine (C=N–C) groups is 2. The van der Waals surface area contributed by atoms with Crippen molar-refractivity contribution in [3.8, 4) is 11.5 Å². The van der Waals surface area contributed by atoms with Crippen molar-refractivity contribution in [2.24, 2.45) is 9.98 Å². The third-order valence-corrected chi connectivity index (χ3v) is 5.20. The van der Waals surface area contributed by atoms with Gasteiger partial charge in [0.15, 0.2) is 0 Å². The van der Waals surface area contributed by atoms with Crippen molar-refractivity contribution in [1.29, 1.82) is 0 Å². The summed E-state index contributed by atoms with van der Waals surface area (Å²) < 4.78 is 11.5. The van der Waals surface area contributed by atoms with Crippen LogP contribution in [-0.4, -0.2) is 57.4 Å². The predicted octanol–water partition coefficient (Wildman–Crippen LogP) is 3.56. The molecule has 178 valence electrons. The van der Waals surface area contributed by atoms with Crippen molar-refractivity contribution in [3.05, 3.63) is 83.4 Å². The first kappa shape index (κ1) is 25.9. The molecule has 0 aliphatic heterocycles. The molecular weight excluding hydrogens is 470 g/mol. The summed E-state index contributed by atoms with van der Waals surface area (Å²) in [5, 5.41) is 18.5. The molecule has 10 heteroatoms. The molecule has 0 bridgehead atoms. The molecule has 0 saturated carbocycles. The lowest BCUT2D eigenvalue weighted by molar-refractivity contribution is 0.121. The maximum atomic E-state index is 9.25. The number of hydrogen-bond acceptors (Lipinski definition) is 8. The van der Waals surface area contributed by atoms with Crippen LogP contribution in [0, 0.1) is 0 Å². The fourth-order valence-electron chi connectivity index (χ4n) is 2.70. The minimum Gasteiger partial charge on any atom is -0.506 e. The molecule has 2 unspecified atom stereocenters. The van der Waals surface area contributed by atoms with Gasteiger partial charge in [-0.05, 0) is 35.4 Å². The van der Waals surface area contributed by atoms with E-state index in [2.05, 4.69) is 38.4 Å². The van der Waals surface area contributed by atoms with Gasteiger partial charge in [-0.1, -0.05) is 24.3 Å². The minimum atomic E-state index is -0.0874. The number of rotatable bonds is 12. The van der Waals surface area contributed by atoms with E-state index in [1.165, 1.54) is 12.4 Å². The molecule has 0 aliphatic carbocycles. The van der Waals surface area contributed by atoms with E-state index < -0.39 is 0 Å². The van der Waals surface area contributed by atoms with Gasteiger partial charge in [0, 0.05) is 12.4 Å². The van der Waals surface area contributed by atoms with E-state index in [0.29, 0.717) is 37.8 Å². The number of pyridine rings is 2. The molecule has 4 atom stereocenters. The van der Waals surface area contributed by atoms with E-state index in [1.807, 2.05) is 24.3 Å². The van der Waals surface area contributed by atoms with Crippen LogP contribution >= 0.6 is 18.5 Å². The zero-order valence-electron chi connectivity index (χ0n) is 18.6. The van der Waals surface area contributed by atoms with E-state index in [-0.39, 0.29) is 23.1 Å². The van der Waals surface area contributed by atoms with Crippen molar-refractivity contribution >= 4 is 30.9 Å². The Bertz CT molecular complexity index is 975. The number of nitrogens with zero attached hydrogens (tertiary/aromatic N) is 4. The molecule has 0 aliphatic rings. The van der Waals surface area contributed by atoms with Gasteiger partial charge in [0.05, 0.1) is 61.8 Å². The van der Waals surface area contributed by atoms with Crippen molar-refractivity contribution in [1.82, 2.24) is 9.97 Å². The highest BCUT2D eigenvalue weighted by molar-refractivity contribution is 7.17. The summed E-state index contributed by atoms with van der Waals surface area (Å²) in [6.45, 7) is 1.90. The Labute approximate surface area is 203 Å². The second kappa shape index (κ2) is 13.8. The quantitative estimate of drug-likeness (QED) is 0.292. The Morgan fingerprint density at radius 3 is 1.47 bits per heavy atom. The maximum Gasteiger partial charge on any atom is 0.133 e. The van der Waals surface area contributed by atoms with Crippen LogP contribution in [0.4, 0.5) is 0 Å². The van der Waals surface area contributed by atoms with Crippen LogP contribution in [0.2, 0.25) is 0 Å². The highest BCUT2D eigenvalue weighted by Gasteiger charge is 2.03. The Hall–Kier alpha value is -2.76. The number of aromatic nitrogens is 2. The summed E-state index contributed by atoms with van der Waals surface area (Å²) in [5.74, 6) is 0.0807. The second-order valence-electron chi connectivity index (χ2n) is 7.42. The maximum absolute atomic E-state index is 9.25. The molecule has 0 amide bonds. The third-order valence-electron chi connectivity index (χ3n) is 4.48. The SMILES string of the molecule is Oc1ccc(/C=N/[C@H](P)COCc2ccc(COC[C@@H](P)/N=C/c3ccc(O)cn3)cc2)nc1. The molecule has 3 aromatic rings. The largest absolute Gasteiger partial charge is 0.506 e. The Morgan fingerprint density at radius 1 is 0.706 bits per heavy atom. The van der Waals surface area contributed by atoms with Crippen LogP contribution in [0.5, 0.6) is 11.5 Å². The van der Waals surface area contributed by atoms with Gasteiger partial charge in [-0.25, -0.2) is 0 Å². The number of ether oxygens (including phenoxy) is 2. The average Bonchev–Trinajstić information content (AvgIpc) is 2.84. The lowest BCUT2D eigenvalue weighted by Gasteiger charge is -2.10. The molecule has 2 aromatic heterocycles. The molecule has 0 radical (unpaired) electrons. The summed E-state index contributed by atoms with van der Waals surface area (Å²) >= 11 is 0. The molecule has 1 aromatic carbocycles. The molecule has 0 spiro atoms. The fourth-order valence-corrected chi connectivity index (χ4v) is 3.15. The van der Waals surface area contributed by atoms with E-state index in [1.54, 1.807) is 36.7 Å². The standard InChI is InChI=1S/C24H28N4O4P2/c29-21-7-5-19(25-11-21)9-27-23(33)15-31-13-17-1-2-18(4-3-17)14-32-16-24(34)28-10-20-6-8-22(30)12-26-20/h1-12,23-24,29-30H,13-16,33-34H2/b27-9+,28-10+/t23-,24-/m1/s1. The van der Waals surface area contributed by atoms with Gasteiger partial charge in [0.25, 0.3) is 0 Å². The molecule has 3 rings (SSSR count). The van der Waals surface area contributed by atoms with Crippen molar-refractivity contribution in [3.63, 3.8) is 0 Å². The minimum absolute atomic E-state index is 0.0874. The van der Waals surface area contributed by atoms with Crippen LogP contribution in [0.15, 0.2) is 70.9 Å². The first-order valence-electron chi connectivity index (χ1n) is 10.6. The van der Waals surface area contributed by atoms with Gasteiger partial charge in [-0.2, -0.15) is 0 Å². The molecule has 2 N–H and O–H groups in total. The molecule has 34 heavy (non-hydrogen) atoms. The van der Waals surface area contributed by atoms with Crippen LogP contribution in [0.1, 0.15) is 22.5 Å². The van der Waals surface area contributed by atoms with Gasteiger partial charge >= 0.3 is 0 Å². The lowest BCUT2D eigenvalue weighted by Crippen LogP contribution is -2.07. The van der Waals surface area contributed by atoms with Gasteiger partial charge in [0.1, 0.15) is 11.5 Å². The first-order chi connectivity index (χ1) is 16.5. The summed E-state index contributed by atoms with van der Waals surface area (Å²) in [6.07, 6.45) is 6.08. The molecule has 8 nitrogen and oxygen atoms in total. The number of aromatic hydroxyl groups is 2. The fraction of sp³-hybridized carbons (Fsp3) is 0.250. The van der Waals surface area contributed by atoms with Gasteiger partial charge in [0.2, 0.25) is 0 Å². The third kappa shape index (κ3) is 9.62. The van der Waals surface area contributed by atoms with Crippen LogP contribution in [0.3, 0.4) is 0 Å². The van der Waals surface area contributed by atoms with Crippen LogP contribution < -0.4 is 0 Å². The smallest absolute Gasteiger partial charge is 0.133 e. The number of hydrogen-bond donors (Lipinski definition) is 2. The monoisotopic (exact) mass is 498 g/mol. The molecule has 0 saturated heterocycles. The highest BCUT2D eigenvalue weighted by Crippen LogP contribution is 2.11. The Kier molecular flexibility index (Phi) is 10.5. The van der Waals surface area contributed by atoms with Gasteiger partial charge in [-0.3, -0.25) is 20.0 Å². The average molecular weight is 498 g/mol. The summed E-state index contributed by atoms with van der Waals surface area (Å²) in [6, 6.07) is 14.6. The Morgan fingerprint density at radius 2 is 1.12 bits per heavy atom.